The standard InChI is InChI=1S/C13H15F3O8S/c14-8(13(15,16)25(19,20)21)3-22-9(17)4-23-10-5-1-6-7(2-5)12(18)24-11(6)10/h5-8,10-11H,1-4H2,(H,19,20,21)/p-1. The molecule has 6 atom stereocenters. The van der Waals surface area contributed by atoms with E-state index < -0.39 is 52.9 Å². The number of carbonyl (C=O) groups excluding carboxylic acids is 2. The van der Waals surface area contributed by atoms with Crippen molar-refractivity contribution in [2.24, 2.45) is 17.8 Å². The predicted octanol–water partition coefficient (Wildman–Crippen LogP) is -0.0277. The van der Waals surface area contributed by atoms with Gasteiger partial charge in [0.25, 0.3) is 0 Å². The molecule has 1 aliphatic heterocycles. The first kappa shape index (κ1) is 18.4. The zero-order chi connectivity index (χ0) is 18.6. The van der Waals surface area contributed by atoms with Crippen LogP contribution in [0.5, 0.6) is 0 Å². The van der Waals surface area contributed by atoms with E-state index in [1.54, 1.807) is 0 Å². The molecule has 6 unspecified atom stereocenters. The molecule has 0 spiro atoms. The highest BCUT2D eigenvalue weighted by Crippen LogP contribution is 2.55. The third-order valence-corrected chi connectivity index (χ3v) is 5.82. The molecule has 0 aromatic rings. The van der Waals surface area contributed by atoms with Crippen LogP contribution in [0.15, 0.2) is 0 Å². The lowest BCUT2D eigenvalue weighted by molar-refractivity contribution is -0.160. The summed E-state index contributed by atoms with van der Waals surface area (Å²) < 4.78 is 84.4. The summed E-state index contributed by atoms with van der Waals surface area (Å²) in [4.78, 5) is 23.0. The van der Waals surface area contributed by atoms with Crippen molar-refractivity contribution in [1.29, 1.82) is 0 Å². The van der Waals surface area contributed by atoms with Gasteiger partial charge in [-0.2, -0.15) is 8.78 Å². The van der Waals surface area contributed by atoms with E-state index in [0.717, 1.165) is 6.42 Å². The molecule has 25 heavy (non-hydrogen) atoms. The molecule has 8 nitrogen and oxygen atoms in total. The SMILES string of the molecule is O=C(COC1C2CC3C(=O)OC1C3C2)OCC(F)C(F)(F)S(=O)(=O)[O-]. The van der Waals surface area contributed by atoms with Crippen molar-refractivity contribution in [1.82, 2.24) is 0 Å². The average Bonchev–Trinajstić information content (AvgIpc) is 3.12. The molecular weight excluding hydrogens is 373 g/mol. The summed E-state index contributed by atoms with van der Waals surface area (Å²) >= 11 is 0. The van der Waals surface area contributed by atoms with Gasteiger partial charge in [0.05, 0.1) is 12.0 Å². The first-order chi connectivity index (χ1) is 11.5. The summed E-state index contributed by atoms with van der Waals surface area (Å²) in [7, 11) is -6.22. The topological polar surface area (TPSA) is 119 Å². The second-order valence-corrected chi connectivity index (χ2v) is 7.80. The highest BCUT2D eigenvalue weighted by molar-refractivity contribution is 7.86. The van der Waals surface area contributed by atoms with Gasteiger partial charge in [-0.05, 0) is 18.8 Å². The molecule has 0 amide bonds. The van der Waals surface area contributed by atoms with Crippen LogP contribution in [0.2, 0.25) is 0 Å². The Labute approximate surface area is 140 Å². The fourth-order valence-corrected chi connectivity index (χ4v) is 4.14. The summed E-state index contributed by atoms with van der Waals surface area (Å²) in [6.45, 7) is -2.30. The van der Waals surface area contributed by atoms with Crippen LogP contribution in [0.4, 0.5) is 13.2 Å². The second-order valence-electron chi connectivity index (χ2n) is 6.35. The van der Waals surface area contributed by atoms with Crippen molar-refractivity contribution in [3.8, 4) is 0 Å². The van der Waals surface area contributed by atoms with Crippen LogP contribution in [0.1, 0.15) is 12.8 Å². The van der Waals surface area contributed by atoms with E-state index >= 15 is 0 Å². The van der Waals surface area contributed by atoms with Gasteiger partial charge in [-0.1, -0.05) is 0 Å². The van der Waals surface area contributed by atoms with Crippen LogP contribution in [-0.2, 0) is 33.9 Å². The Morgan fingerprint density at radius 3 is 2.72 bits per heavy atom. The Kier molecular flexibility index (Phi) is 4.48. The predicted molar refractivity (Wildman–Crippen MR) is 69.8 cm³/mol. The monoisotopic (exact) mass is 387 g/mol. The number of hydrogen-bond acceptors (Lipinski definition) is 8. The molecule has 3 rings (SSSR count). The maximum atomic E-state index is 13.2. The largest absolute Gasteiger partial charge is 0.743 e. The lowest BCUT2D eigenvalue weighted by Crippen LogP contribution is -2.42. The highest BCUT2D eigenvalue weighted by Gasteiger charge is 2.62. The van der Waals surface area contributed by atoms with E-state index in [0.29, 0.717) is 6.42 Å². The normalized spacial score (nSPS) is 34.9. The number of hydrogen-bond donors (Lipinski definition) is 0. The first-order valence-corrected chi connectivity index (χ1v) is 8.88. The molecule has 0 aromatic carbocycles. The average molecular weight is 387 g/mol. The molecule has 2 bridgehead atoms. The Hall–Kier alpha value is -1.40. The molecule has 142 valence electrons. The number of fused-ring (bicyclic) bond motifs is 1. The molecule has 1 heterocycles. The van der Waals surface area contributed by atoms with Crippen LogP contribution in [-0.4, -0.2) is 61.8 Å². The highest BCUT2D eigenvalue weighted by atomic mass is 32.2. The summed E-state index contributed by atoms with van der Waals surface area (Å²) in [5.41, 5.74) is 0. The molecule has 0 N–H and O–H groups in total. The zero-order valence-electron chi connectivity index (χ0n) is 12.6. The molecule has 0 aromatic heterocycles. The van der Waals surface area contributed by atoms with Crippen molar-refractivity contribution in [3.63, 3.8) is 0 Å². The van der Waals surface area contributed by atoms with Gasteiger partial charge in [-0.3, -0.25) is 4.79 Å². The minimum absolute atomic E-state index is 0.0307. The van der Waals surface area contributed by atoms with Gasteiger partial charge in [-0.15, -0.1) is 0 Å². The lowest BCUT2D eigenvalue weighted by atomic mass is 9.88. The molecule has 12 heteroatoms. The number of carbonyl (C=O) groups is 2. The number of halogens is 3. The van der Waals surface area contributed by atoms with E-state index in [-0.39, 0.29) is 23.7 Å². The van der Waals surface area contributed by atoms with Crippen molar-refractivity contribution >= 4 is 22.1 Å². The Bertz CT molecular complexity index is 681. The fraction of sp³-hybridized carbons (Fsp3) is 0.846. The summed E-state index contributed by atoms with van der Waals surface area (Å²) in [5.74, 6) is -1.58. The van der Waals surface area contributed by atoms with E-state index in [2.05, 4.69) is 4.74 Å². The van der Waals surface area contributed by atoms with E-state index in [1.165, 1.54) is 0 Å². The second kappa shape index (κ2) is 6.09. The quantitative estimate of drug-likeness (QED) is 0.441. The summed E-state index contributed by atoms with van der Waals surface area (Å²) in [5, 5.41) is -5.20. The van der Waals surface area contributed by atoms with Gasteiger partial charge in [0.2, 0.25) is 6.17 Å². The number of alkyl halides is 3. The molecular formula is C13H14F3O8S-. The zero-order valence-corrected chi connectivity index (χ0v) is 13.4. The van der Waals surface area contributed by atoms with Gasteiger partial charge < -0.3 is 18.8 Å². The Morgan fingerprint density at radius 2 is 2.08 bits per heavy atom. The molecule has 3 fully saturated rings. The van der Waals surface area contributed by atoms with Crippen molar-refractivity contribution < 1.29 is 49.9 Å². The third-order valence-electron chi connectivity index (χ3n) is 4.90. The van der Waals surface area contributed by atoms with Crippen molar-refractivity contribution in [3.05, 3.63) is 0 Å². The molecule has 1 saturated heterocycles. The smallest absolute Gasteiger partial charge is 0.368 e. The maximum absolute atomic E-state index is 13.2. The first-order valence-electron chi connectivity index (χ1n) is 7.47. The van der Waals surface area contributed by atoms with Gasteiger partial charge in [-0.25, -0.2) is 17.6 Å². The summed E-state index contributed by atoms with van der Waals surface area (Å²) in [6, 6.07) is 0. The Morgan fingerprint density at radius 1 is 1.40 bits per heavy atom. The third kappa shape index (κ3) is 3.10. The molecule has 3 aliphatic rings. The van der Waals surface area contributed by atoms with Crippen LogP contribution < -0.4 is 0 Å². The van der Waals surface area contributed by atoms with Gasteiger partial charge in [0.1, 0.15) is 19.3 Å². The minimum atomic E-state index is -6.22. The fourth-order valence-electron chi connectivity index (χ4n) is 3.76. The minimum Gasteiger partial charge on any atom is -0.743 e. The molecule has 2 saturated carbocycles. The summed E-state index contributed by atoms with van der Waals surface area (Å²) in [6.07, 6.45) is -3.17. The van der Waals surface area contributed by atoms with E-state index in [1.807, 2.05) is 0 Å². The van der Waals surface area contributed by atoms with E-state index in [9.17, 15) is 35.7 Å². The van der Waals surface area contributed by atoms with Gasteiger partial charge in [0, 0.05) is 5.92 Å². The van der Waals surface area contributed by atoms with Crippen LogP contribution in [0.3, 0.4) is 0 Å². The Balaban J connectivity index is 1.46. The van der Waals surface area contributed by atoms with Gasteiger partial charge in [0.15, 0.2) is 10.1 Å². The van der Waals surface area contributed by atoms with Crippen molar-refractivity contribution in [2.75, 3.05) is 13.2 Å². The molecule has 2 aliphatic carbocycles. The van der Waals surface area contributed by atoms with Crippen LogP contribution in [0, 0.1) is 17.8 Å². The van der Waals surface area contributed by atoms with Crippen LogP contribution in [0.25, 0.3) is 0 Å². The number of esters is 2. The van der Waals surface area contributed by atoms with Crippen molar-refractivity contribution in [2.45, 2.75) is 36.5 Å². The number of rotatable bonds is 7. The lowest BCUT2D eigenvalue weighted by Gasteiger charge is -2.25. The maximum Gasteiger partial charge on any atom is 0.368 e. The molecule has 0 radical (unpaired) electrons. The van der Waals surface area contributed by atoms with Crippen LogP contribution >= 0.6 is 0 Å². The number of ether oxygens (including phenoxy) is 3. The van der Waals surface area contributed by atoms with E-state index in [4.69, 9.17) is 9.47 Å². The van der Waals surface area contributed by atoms with Gasteiger partial charge >= 0.3 is 17.2 Å².